The van der Waals surface area contributed by atoms with E-state index in [-0.39, 0.29) is 47.7 Å². The number of carbonyl (C=O) groups excluding carboxylic acids is 4. The maximum absolute atomic E-state index is 14.2. The lowest BCUT2D eigenvalue weighted by atomic mass is 9.84. The molecule has 3 saturated heterocycles. The van der Waals surface area contributed by atoms with Crippen LogP contribution in [-0.4, -0.2) is 114 Å². The van der Waals surface area contributed by atoms with E-state index in [2.05, 4.69) is 29.0 Å². The number of carbonyl (C=O) groups is 4. The van der Waals surface area contributed by atoms with Gasteiger partial charge >= 0.3 is 5.97 Å². The Balaban J connectivity index is 1.43. The van der Waals surface area contributed by atoms with Crippen LogP contribution in [0.2, 0.25) is 0 Å². The molecule has 1 aromatic rings. The predicted octanol–water partition coefficient (Wildman–Crippen LogP) is 4.24. The van der Waals surface area contributed by atoms with Crippen molar-refractivity contribution < 1.29 is 23.9 Å². The van der Waals surface area contributed by atoms with Crippen LogP contribution < -0.4 is 5.32 Å². The number of nitrogens with zero attached hydrogens (tertiary/aromatic N) is 4. The van der Waals surface area contributed by atoms with E-state index in [1.165, 1.54) is 0 Å². The van der Waals surface area contributed by atoms with Crippen molar-refractivity contribution in [2.75, 3.05) is 40.3 Å². The van der Waals surface area contributed by atoms with Gasteiger partial charge in [-0.05, 0) is 82.5 Å². The molecular weight excluding hydrogens is 594 g/mol. The summed E-state index contributed by atoms with van der Waals surface area (Å²) in [5, 5.41) is 3.14. The summed E-state index contributed by atoms with van der Waals surface area (Å²) >= 11 is 0. The number of benzene rings is 1. The Hall–Kier alpha value is -2.98. The predicted molar refractivity (Wildman–Crippen MR) is 183 cm³/mol. The molecule has 0 saturated carbocycles. The highest BCUT2D eigenvalue weighted by atomic mass is 16.5. The van der Waals surface area contributed by atoms with E-state index in [4.69, 9.17) is 4.74 Å². The first kappa shape index (κ1) is 36.8. The molecule has 3 aliphatic rings. The molecule has 3 heterocycles. The summed E-state index contributed by atoms with van der Waals surface area (Å²) in [4.78, 5) is 62.8. The Morgan fingerprint density at radius 2 is 1.53 bits per heavy atom. The molecule has 10 nitrogen and oxygen atoms in total. The normalized spacial score (nSPS) is 24.5. The molecule has 0 aromatic heterocycles. The van der Waals surface area contributed by atoms with E-state index in [0.717, 1.165) is 57.2 Å². The van der Waals surface area contributed by atoms with Crippen molar-refractivity contribution in [3.05, 3.63) is 35.9 Å². The summed E-state index contributed by atoms with van der Waals surface area (Å²) in [6, 6.07) is 7.64. The van der Waals surface area contributed by atoms with Crippen LogP contribution in [0.15, 0.2) is 30.3 Å². The minimum absolute atomic E-state index is 0.0257. The fraction of sp³-hybridized carbons (Fsp3) is 0.730. The van der Waals surface area contributed by atoms with Gasteiger partial charge in [0, 0.05) is 26.2 Å². The number of hydrogen-bond acceptors (Lipinski definition) is 7. The van der Waals surface area contributed by atoms with E-state index >= 15 is 0 Å². The molecule has 6 atom stereocenters. The lowest BCUT2D eigenvalue weighted by Crippen LogP contribution is -2.61. The SMILES string of the molecule is CC(C)[C@@H](CN1CCC[C@H]1C(=O)N1CCC[C@H]1C(=O)O[C@@H](C)c1ccccc1)N(C)C(=O)[C@@H](NC(=O)[C@H]1CCCCN1C)C(C)(C)C. The molecule has 4 rings (SSSR count). The summed E-state index contributed by atoms with van der Waals surface area (Å²) in [6.07, 6.45) is 5.45. The van der Waals surface area contributed by atoms with Gasteiger partial charge in [0.2, 0.25) is 17.7 Å². The van der Waals surface area contributed by atoms with Crippen LogP contribution in [0.1, 0.15) is 98.2 Å². The van der Waals surface area contributed by atoms with Crippen LogP contribution in [0.25, 0.3) is 0 Å². The highest BCUT2D eigenvalue weighted by molar-refractivity contribution is 5.91. The molecule has 10 heteroatoms. The number of nitrogens with one attached hydrogen (secondary N) is 1. The van der Waals surface area contributed by atoms with Gasteiger partial charge in [0.05, 0.1) is 12.1 Å². The number of likely N-dealkylation sites (tertiary alicyclic amines) is 3. The topological polar surface area (TPSA) is 103 Å². The van der Waals surface area contributed by atoms with Crippen LogP contribution in [-0.2, 0) is 23.9 Å². The van der Waals surface area contributed by atoms with E-state index < -0.39 is 23.6 Å². The first-order valence-corrected chi connectivity index (χ1v) is 17.8. The fourth-order valence-corrected chi connectivity index (χ4v) is 7.52. The Morgan fingerprint density at radius 1 is 0.894 bits per heavy atom. The van der Waals surface area contributed by atoms with Crippen LogP contribution >= 0.6 is 0 Å². The minimum Gasteiger partial charge on any atom is -0.456 e. The van der Waals surface area contributed by atoms with Gasteiger partial charge in [-0.3, -0.25) is 24.2 Å². The quantitative estimate of drug-likeness (QED) is 0.357. The molecule has 1 aromatic carbocycles. The maximum atomic E-state index is 14.2. The van der Waals surface area contributed by atoms with Gasteiger partial charge in [-0.15, -0.1) is 0 Å². The molecule has 0 aliphatic carbocycles. The maximum Gasteiger partial charge on any atom is 0.329 e. The number of piperidine rings is 1. The Morgan fingerprint density at radius 3 is 2.17 bits per heavy atom. The zero-order valence-corrected chi connectivity index (χ0v) is 30.0. The molecule has 3 fully saturated rings. The largest absolute Gasteiger partial charge is 0.456 e. The number of ether oxygens (including phenoxy) is 1. The number of likely N-dealkylation sites (N-methyl/N-ethyl adjacent to an activating group) is 2. The van der Waals surface area contributed by atoms with E-state index in [0.29, 0.717) is 19.5 Å². The molecule has 3 aliphatic heterocycles. The van der Waals surface area contributed by atoms with Gasteiger partial charge < -0.3 is 19.9 Å². The van der Waals surface area contributed by atoms with E-state index in [1.807, 2.05) is 72.1 Å². The summed E-state index contributed by atoms with van der Waals surface area (Å²) < 4.78 is 5.84. The van der Waals surface area contributed by atoms with E-state index in [1.54, 1.807) is 9.80 Å². The average Bonchev–Trinajstić information content (AvgIpc) is 3.72. The molecular formula is C37H59N5O5. The monoisotopic (exact) mass is 653 g/mol. The first-order chi connectivity index (χ1) is 22.2. The highest BCUT2D eigenvalue weighted by Gasteiger charge is 2.44. The van der Waals surface area contributed by atoms with Crippen LogP contribution in [0.3, 0.4) is 0 Å². The molecule has 0 spiro atoms. The lowest BCUT2D eigenvalue weighted by Gasteiger charge is -2.41. The van der Waals surface area contributed by atoms with Crippen molar-refractivity contribution in [3.63, 3.8) is 0 Å². The molecule has 0 bridgehead atoms. The van der Waals surface area contributed by atoms with Gasteiger partial charge in [-0.2, -0.15) is 0 Å². The average molecular weight is 654 g/mol. The first-order valence-electron chi connectivity index (χ1n) is 17.8. The van der Waals surface area contributed by atoms with Crippen molar-refractivity contribution in [1.82, 2.24) is 24.9 Å². The second-order valence-corrected chi connectivity index (χ2v) is 15.4. The van der Waals surface area contributed by atoms with Gasteiger partial charge in [0.1, 0.15) is 18.2 Å². The smallest absolute Gasteiger partial charge is 0.329 e. The third-order valence-corrected chi connectivity index (χ3v) is 10.5. The van der Waals surface area contributed by atoms with Crippen LogP contribution in [0.4, 0.5) is 0 Å². The summed E-state index contributed by atoms with van der Waals surface area (Å²) in [7, 11) is 3.81. The van der Waals surface area contributed by atoms with Crippen molar-refractivity contribution >= 4 is 23.7 Å². The second kappa shape index (κ2) is 15.9. The van der Waals surface area contributed by atoms with Crippen molar-refractivity contribution in [2.24, 2.45) is 11.3 Å². The van der Waals surface area contributed by atoms with E-state index in [9.17, 15) is 19.2 Å². The standard InChI is InChI=1S/C37H59N5O5/c1-25(2)31(40(8)35(45)32(37(4,5)6)38-33(43)28-18-12-13-21-39(28)7)24-41-22-14-19-29(41)34(44)42-23-15-20-30(42)36(46)47-26(3)27-16-10-9-11-17-27/h9-11,16-17,25-26,28-32H,12-15,18-24H2,1-8H3,(H,38,43)/t26-,28+,29-,30-,31+,32+/m0/s1. The Labute approximate surface area is 282 Å². The van der Waals surface area contributed by atoms with Crippen molar-refractivity contribution in [1.29, 1.82) is 0 Å². The van der Waals surface area contributed by atoms with Crippen molar-refractivity contribution in [3.8, 4) is 0 Å². The summed E-state index contributed by atoms with van der Waals surface area (Å²) in [5.41, 5.74) is 0.436. The second-order valence-electron chi connectivity index (χ2n) is 15.4. The molecule has 0 unspecified atom stereocenters. The number of hydrogen-bond donors (Lipinski definition) is 1. The molecule has 47 heavy (non-hydrogen) atoms. The number of esters is 1. The highest BCUT2D eigenvalue weighted by Crippen LogP contribution is 2.29. The summed E-state index contributed by atoms with van der Waals surface area (Å²) in [6.45, 7) is 14.8. The third kappa shape index (κ3) is 8.93. The zero-order valence-electron chi connectivity index (χ0n) is 30.0. The summed E-state index contributed by atoms with van der Waals surface area (Å²) in [5.74, 6) is -0.453. The zero-order chi connectivity index (χ0) is 34.5. The lowest BCUT2D eigenvalue weighted by molar-refractivity contribution is -0.159. The molecule has 0 radical (unpaired) electrons. The van der Waals surface area contributed by atoms with Crippen LogP contribution in [0, 0.1) is 11.3 Å². The number of rotatable bonds is 11. The van der Waals surface area contributed by atoms with Gasteiger partial charge in [-0.25, -0.2) is 4.79 Å². The Bertz CT molecular complexity index is 1230. The van der Waals surface area contributed by atoms with Crippen molar-refractivity contribution in [2.45, 2.75) is 123 Å². The minimum atomic E-state index is -0.678. The van der Waals surface area contributed by atoms with Gasteiger partial charge in [0.15, 0.2) is 0 Å². The fourth-order valence-electron chi connectivity index (χ4n) is 7.52. The van der Waals surface area contributed by atoms with Gasteiger partial charge in [0.25, 0.3) is 0 Å². The van der Waals surface area contributed by atoms with Gasteiger partial charge in [-0.1, -0.05) is 71.4 Å². The molecule has 1 N–H and O–H groups in total. The molecule has 262 valence electrons. The van der Waals surface area contributed by atoms with Crippen LogP contribution in [0.5, 0.6) is 0 Å². The Kier molecular flexibility index (Phi) is 12.5. The number of amides is 3. The molecule has 3 amide bonds. The third-order valence-electron chi connectivity index (χ3n) is 10.5.